The second-order valence-corrected chi connectivity index (χ2v) is 8.19. The molecule has 0 aliphatic heterocycles. The van der Waals surface area contributed by atoms with Gasteiger partial charge in [0.15, 0.2) is 5.76 Å². The topological polar surface area (TPSA) is 82.5 Å². The van der Waals surface area contributed by atoms with Crippen LogP contribution >= 0.6 is 0 Å². The smallest absolute Gasteiger partial charge is 0.339 e. The Balaban J connectivity index is 1.37. The van der Waals surface area contributed by atoms with Gasteiger partial charge in [0.05, 0.1) is 17.3 Å². The first-order valence-electron chi connectivity index (χ1n) is 10.8. The Morgan fingerprint density at radius 3 is 2.67 bits per heavy atom. The number of hydrogen-bond acceptors (Lipinski definition) is 6. The van der Waals surface area contributed by atoms with E-state index in [1.165, 1.54) is 17.2 Å². The van der Waals surface area contributed by atoms with Crippen LogP contribution in [0, 0.1) is 0 Å². The van der Waals surface area contributed by atoms with Crippen molar-refractivity contribution in [3.8, 4) is 11.5 Å². The summed E-state index contributed by atoms with van der Waals surface area (Å²) < 4.78 is 16.6. The summed E-state index contributed by atoms with van der Waals surface area (Å²) in [6.45, 7) is -0.0353. The number of esters is 1. The molecule has 6 rings (SSSR count). The van der Waals surface area contributed by atoms with Crippen molar-refractivity contribution in [3.05, 3.63) is 99.6 Å². The van der Waals surface area contributed by atoms with E-state index in [4.69, 9.17) is 13.6 Å². The minimum atomic E-state index is -0.496. The second-order valence-electron chi connectivity index (χ2n) is 8.19. The van der Waals surface area contributed by atoms with Crippen molar-refractivity contribution in [1.82, 2.24) is 4.98 Å². The van der Waals surface area contributed by atoms with E-state index in [2.05, 4.69) is 11.1 Å². The predicted molar refractivity (Wildman–Crippen MR) is 123 cm³/mol. The molecule has 0 spiro atoms. The predicted octanol–water partition coefficient (Wildman–Crippen LogP) is 5.45. The van der Waals surface area contributed by atoms with Gasteiger partial charge in [0, 0.05) is 22.4 Å². The van der Waals surface area contributed by atoms with Crippen LogP contribution in [0.25, 0.3) is 33.3 Å². The highest BCUT2D eigenvalue weighted by Gasteiger charge is 2.19. The van der Waals surface area contributed by atoms with Gasteiger partial charge in [-0.2, -0.15) is 0 Å². The van der Waals surface area contributed by atoms with E-state index in [1.807, 2.05) is 30.3 Å². The second kappa shape index (κ2) is 7.74. The molecule has 162 valence electrons. The zero-order valence-electron chi connectivity index (χ0n) is 17.7. The standard InChI is InChI=1S/C27H19NO5/c29-26-13-18(20-11-16-5-3-6-17(16)12-25(20)33-26)15-32-27(30)21-14-23(24-9-4-10-31-24)28-22-8-2-1-7-19(21)22/h1-2,4,7-14H,3,5-6,15H2. The fourth-order valence-corrected chi connectivity index (χ4v) is 4.53. The van der Waals surface area contributed by atoms with Crippen LogP contribution < -0.4 is 5.63 Å². The van der Waals surface area contributed by atoms with E-state index in [1.54, 1.807) is 24.5 Å². The Bertz CT molecular complexity index is 1580. The summed E-state index contributed by atoms with van der Waals surface area (Å²) in [5.41, 5.74) is 4.78. The highest BCUT2D eigenvalue weighted by molar-refractivity contribution is 6.04. The van der Waals surface area contributed by atoms with Crippen LogP contribution in [0.4, 0.5) is 0 Å². The van der Waals surface area contributed by atoms with Gasteiger partial charge in [0.25, 0.3) is 0 Å². The summed E-state index contributed by atoms with van der Waals surface area (Å²) in [6, 6.07) is 18.0. The number of para-hydroxylation sites is 1. The van der Waals surface area contributed by atoms with Crippen molar-refractivity contribution in [2.24, 2.45) is 0 Å². The molecule has 6 nitrogen and oxygen atoms in total. The monoisotopic (exact) mass is 437 g/mol. The summed E-state index contributed by atoms with van der Waals surface area (Å²) in [7, 11) is 0. The normalized spacial score (nSPS) is 12.8. The van der Waals surface area contributed by atoms with Crippen molar-refractivity contribution < 1.29 is 18.4 Å². The molecule has 2 aromatic carbocycles. The maximum atomic E-state index is 13.2. The Kier molecular flexibility index (Phi) is 4.57. The van der Waals surface area contributed by atoms with Crippen molar-refractivity contribution in [2.45, 2.75) is 25.9 Å². The number of pyridine rings is 1. The minimum absolute atomic E-state index is 0.0353. The van der Waals surface area contributed by atoms with E-state index in [9.17, 15) is 9.59 Å². The lowest BCUT2D eigenvalue weighted by Gasteiger charge is -2.11. The lowest BCUT2D eigenvalue weighted by atomic mass is 10.0. The third kappa shape index (κ3) is 3.49. The SMILES string of the molecule is O=C(OCc1cc(=O)oc2cc3c(cc12)CCC3)c1cc(-c2ccco2)nc2ccccc12. The van der Waals surface area contributed by atoms with Gasteiger partial charge in [0.1, 0.15) is 17.9 Å². The molecule has 0 fully saturated rings. The van der Waals surface area contributed by atoms with Crippen LogP contribution in [-0.4, -0.2) is 11.0 Å². The van der Waals surface area contributed by atoms with Crippen LogP contribution in [0.2, 0.25) is 0 Å². The molecule has 1 aliphatic carbocycles. The average Bonchev–Trinajstić information content (AvgIpc) is 3.52. The number of fused-ring (bicyclic) bond motifs is 3. The van der Waals surface area contributed by atoms with Crippen LogP contribution in [0.1, 0.15) is 33.5 Å². The molecule has 6 heteroatoms. The van der Waals surface area contributed by atoms with Gasteiger partial charge in [-0.15, -0.1) is 0 Å². The summed E-state index contributed by atoms with van der Waals surface area (Å²) in [5.74, 6) is 0.0688. The number of furan rings is 1. The van der Waals surface area contributed by atoms with E-state index < -0.39 is 11.6 Å². The Labute approximate surface area is 188 Å². The van der Waals surface area contributed by atoms with Crippen LogP contribution in [0.5, 0.6) is 0 Å². The fraction of sp³-hybridized carbons (Fsp3) is 0.148. The van der Waals surface area contributed by atoms with Crippen molar-refractivity contribution >= 4 is 27.8 Å². The maximum absolute atomic E-state index is 13.2. The molecule has 33 heavy (non-hydrogen) atoms. The summed E-state index contributed by atoms with van der Waals surface area (Å²) >= 11 is 0. The van der Waals surface area contributed by atoms with Gasteiger partial charge in [-0.3, -0.25) is 0 Å². The van der Waals surface area contributed by atoms with Gasteiger partial charge in [-0.25, -0.2) is 14.6 Å². The number of aromatic nitrogens is 1. The number of carbonyl (C=O) groups is 1. The third-order valence-corrected chi connectivity index (χ3v) is 6.11. The van der Waals surface area contributed by atoms with Crippen molar-refractivity contribution in [2.75, 3.05) is 0 Å². The first-order valence-corrected chi connectivity index (χ1v) is 10.8. The molecule has 0 atom stereocenters. The van der Waals surface area contributed by atoms with E-state index in [-0.39, 0.29) is 6.61 Å². The number of carbonyl (C=O) groups excluding carboxylic acids is 1. The van der Waals surface area contributed by atoms with E-state index in [0.717, 1.165) is 24.6 Å². The van der Waals surface area contributed by atoms with E-state index >= 15 is 0 Å². The molecular weight excluding hydrogens is 418 g/mol. The third-order valence-electron chi connectivity index (χ3n) is 6.11. The van der Waals surface area contributed by atoms with Crippen molar-refractivity contribution in [1.29, 1.82) is 0 Å². The lowest BCUT2D eigenvalue weighted by Crippen LogP contribution is -2.09. The molecule has 0 saturated carbocycles. The van der Waals surface area contributed by atoms with Gasteiger partial charge in [-0.05, 0) is 66.8 Å². The quantitative estimate of drug-likeness (QED) is 0.275. The van der Waals surface area contributed by atoms with Crippen LogP contribution in [0.3, 0.4) is 0 Å². The summed E-state index contributed by atoms with van der Waals surface area (Å²) in [6.07, 6.45) is 4.64. The summed E-state index contributed by atoms with van der Waals surface area (Å²) in [5, 5.41) is 1.49. The Morgan fingerprint density at radius 2 is 1.82 bits per heavy atom. The first-order chi connectivity index (χ1) is 16.2. The largest absolute Gasteiger partial charge is 0.463 e. The molecule has 0 amide bonds. The molecule has 0 N–H and O–H groups in total. The summed E-state index contributed by atoms with van der Waals surface area (Å²) in [4.78, 5) is 29.9. The number of nitrogens with zero attached hydrogens (tertiary/aromatic N) is 1. The van der Waals surface area contributed by atoms with Gasteiger partial charge in [-0.1, -0.05) is 18.2 Å². The molecule has 0 radical (unpaired) electrons. The minimum Gasteiger partial charge on any atom is -0.463 e. The maximum Gasteiger partial charge on any atom is 0.339 e. The molecular formula is C27H19NO5. The van der Waals surface area contributed by atoms with Crippen LogP contribution in [-0.2, 0) is 24.2 Å². The number of benzene rings is 2. The molecule has 5 aromatic rings. The molecule has 0 bridgehead atoms. The Hall–Kier alpha value is -4.19. The zero-order valence-corrected chi connectivity index (χ0v) is 17.7. The highest BCUT2D eigenvalue weighted by atomic mass is 16.5. The number of hydrogen-bond donors (Lipinski definition) is 0. The average molecular weight is 437 g/mol. The van der Waals surface area contributed by atoms with E-state index in [0.29, 0.717) is 39.1 Å². The molecule has 3 aromatic heterocycles. The van der Waals surface area contributed by atoms with Crippen LogP contribution in [0.15, 0.2) is 80.6 Å². The van der Waals surface area contributed by atoms with Gasteiger partial charge in [0.2, 0.25) is 0 Å². The first kappa shape index (κ1) is 19.5. The number of rotatable bonds is 4. The van der Waals surface area contributed by atoms with Crippen molar-refractivity contribution in [3.63, 3.8) is 0 Å². The molecule has 0 unspecified atom stereocenters. The molecule has 3 heterocycles. The molecule has 0 saturated heterocycles. The number of ether oxygens (including phenoxy) is 1. The number of aryl methyl sites for hydroxylation is 2. The van der Waals surface area contributed by atoms with Gasteiger partial charge < -0.3 is 13.6 Å². The molecule has 1 aliphatic rings. The Morgan fingerprint density at radius 1 is 0.970 bits per heavy atom. The zero-order chi connectivity index (χ0) is 22.4. The highest BCUT2D eigenvalue weighted by Crippen LogP contribution is 2.30. The lowest BCUT2D eigenvalue weighted by molar-refractivity contribution is 0.0476. The van der Waals surface area contributed by atoms with Gasteiger partial charge >= 0.3 is 11.6 Å². The fourth-order valence-electron chi connectivity index (χ4n) is 4.53.